The molecule has 1 aromatic rings. The second kappa shape index (κ2) is 6.00. The van der Waals surface area contributed by atoms with Crippen LogP contribution >= 0.6 is 0 Å². The molecule has 1 unspecified atom stereocenters. The fourth-order valence-electron chi connectivity index (χ4n) is 2.84. The fraction of sp³-hybridized carbons (Fsp3) is 0.267. The Morgan fingerprint density at radius 2 is 2.25 bits per heavy atom. The second-order valence-corrected chi connectivity index (χ2v) is 5.46. The molecule has 3 rings (SSSR count). The molecule has 0 aliphatic carbocycles. The van der Waals surface area contributed by atoms with Crippen LogP contribution in [0.1, 0.15) is 12.8 Å². The Labute approximate surface area is 137 Å². The van der Waals surface area contributed by atoms with Gasteiger partial charge in [0.2, 0.25) is 5.71 Å². The first-order chi connectivity index (χ1) is 11.5. The van der Waals surface area contributed by atoms with Crippen LogP contribution in [-0.2, 0) is 4.79 Å². The summed E-state index contributed by atoms with van der Waals surface area (Å²) in [5.74, 6) is -0.675. The van der Waals surface area contributed by atoms with E-state index < -0.39 is 5.84 Å². The predicted octanol–water partition coefficient (Wildman–Crippen LogP) is 0.845. The molecule has 4 N–H and O–H groups in total. The summed E-state index contributed by atoms with van der Waals surface area (Å²) in [6.07, 6.45) is 1.53. The third-order valence-corrected chi connectivity index (χ3v) is 3.96. The molecule has 0 spiro atoms. The number of carbonyl (C=O) groups excluding carboxylic acids is 2. The van der Waals surface area contributed by atoms with Crippen molar-refractivity contribution in [2.75, 3.05) is 16.9 Å². The number of carbonyl (C=O) groups is 2. The van der Waals surface area contributed by atoms with Gasteiger partial charge in [-0.2, -0.15) is 10.4 Å². The first kappa shape index (κ1) is 15.5. The van der Waals surface area contributed by atoms with E-state index in [1.165, 1.54) is 0 Å². The van der Waals surface area contributed by atoms with Crippen LogP contribution in [-0.4, -0.2) is 41.0 Å². The van der Waals surface area contributed by atoms with E-state index in [9.17, 15) is 9.59 Å². The highest BCUT2D eigenvalue weighted by Gasteiger charge is 2.47. The highest BCUT2D eigenvalue weighted by molar-refractivity contribution is 6.45. The molecule has 0 aromatic heterocycles. The van der Waals surface area contributed by atoms with Crippen molar-refractivity contribution < 1.29 is 9.59 Å². The van der Waals surface area contributed by atoms with E-state index in [4.69, 9.17) is 16.4 Å². The zero-order chi connectivity index (χ0) is 17.3. The van der Waals surface area contributed by atoms with E-state index in [1.54, 1.807) is 35.2 Å². The van der Waals surface area contributed by atoms with Gasteiger partial charge in [-0.1, -0.05) is 6.07 Å². The van der Waals surface area contributed by atoms with Gasteiger partial charge in [0, 0.05) is 6.54 Å². The molecule has 122 valence electrons. The minimum absolute atomic E-state index is 0.223. The van der Waals surface area contributed by atoms with Crippen molar-refractivity contribution in [2.24, 2.45) is 10.8 Å². The van der Waals surface area contributed by atoms with Gasteiger partial charge in [0.25, 0.3) is 5.91 Å². The van der Waals surface area contributed by atoms with Gasteiger partial charge in [-0.05, 0) is 31.0 Å². The number of rotatable bonds is 4. The predicted molar refractivity (Wildman–Crippen MR) is 87.6 cm³/mol. The number of fused-ring (bicyclic) bond motifs is 1. The van der Waals surface area contributed by atoms with Crippen LogP contribution in [0.15, 0.2) is 29.4 Å². The van der Waals surface area contributed by atoms with Gasteiger partial charge in [-0.3, -0.25) is 15.6 Å². The minimum Gasteiger partial charge on any atom is -0.382 e. The molecule has 3 amide bonds. The maximum Gasteiger partial charge on any atom is 0.332 e. The Kier molecular flexibility index (Phi) is 3.87. The van der Waals surface area contributed by atoms with Crippen LogP contribution < -0.4 is 16.1 Å². The van der Waals surface area contributed by atoms with Gasteiger partial charge in [0.15, 0.2) is 5.84 Å². The van der Waals surface area contributed by atoms with Gasteiger partial charge in [0.1, 0.15) is 12.1 Å². The smallest absolute Gasteiger partial charge is 0.332 e. The number of hydrogen-bond acceptors (Lipinski definition) is 6. The van der Waals surface area contributed by atoms with Crippen molar-refractivity contribution in [1.29, 1.82) is 10.7 Å². The first-order valence-electron chi connectivity index (χ1n) is 7.35. The lowest BCUT2D eigenvalue weighted by Gasteiger charge is -2.16. The Morgan fingerprint density at radius 3 is 2.92 bits per heavy atom. The number of benzene rings is 1. The molecule has 9 nitrogen and oxygen atoms in total. The topological polar surface area (TPSA) is 139 Å². The molecule has 0 bridgehead atoms. The Hall–Kier alpha value is -3.41. The standard InChI is InChI=1S/C15H15N7O2/c16-8-11(13(17)18)20-19-9-3-1-4-10(7-9)22-14(23)12-5-2-6-21(12)15(22)24/h1,3-4,7,12,19H,2,5-6H2,(H3,17,18)/b20-11+. The number of nitrogens with one attached hydrogen (secondary N) is 2. The molecule has 9 heteroatoms. The SMILES string of the molecule is N#C/C(=N\Nc1cccc(N2C(=O)C3CCCN3C2=O)c1)C(=N)N. The lowest BCUT2D eigenvalue weighted by atomic mass is 10.2. The molecule has 1 aromatic carbocycles. The lowest BCUT2D eigenvalue weighted by Crippen LogP contribution is -2.33. The van der Waals surface area contributed by atoms with Crippen LogP contribution in [0.5, 0.6) is 0 Å². The summed E-state index contributed by atoms with van der Waals surface area (Å²) in [5.41, 5.74) is 8.46. The van der Waals surface area contributed by atoms with Crippen molar-refractivity contribution in [3.8, 4) is 6.07 Å². The number of hydrogen-bond donors (Lipinski definition) is 3. The number of amidine groups is 1. The lowest BCUT2D eigenvalue weighted by molar-refractivity contribution is -0.119. The van der Waals surface area contributed by atoms with Crippen molar-refractivity contribution >= 4 is 34.9 Å². The molecular formula is C15H15N7O2. The Morgan fingerprint density at radius 1 is 1.46 bits per heavy atom. The summed E-state index contributed by atoms with van der Waals surface area (Å²) < 4.78 is 0. The Balaban J connectivity index is 1.84. The summed E-state index contributed by atoms with van der Waals surface area (Å²) >= 11 is 0. The third kappa shape index (κ3) is 2.54. The zero-order valence-electron chi connectivity index (χ0n) is 12.7. The van der Waals surface area contributed by atoms with E-state index in [0.29, 0.717) is 24.3 Å². The zero-order valence-corrected chi connectivity index (χ0v) is 12.7. The summed E-state index contributed by atoms with van der Waals surface area (Å²) in [6, 6.07) is 7.57. The normalized spacial score (nSPS) is 20.1. The van der Waals surface area contributed by atoms with E-state index in [0.717, 1.165) is 11.3 Å². The van der Waals surface area contributed by atoms with E-state index in [-0.39, 0.29) is 23.7 Å². The Bertz CT molecular complexity index is 773. The molecule has 2 saturated heterocycles. The summed E-state index contributed by atoms with van der Waals surface area (Å²) in [6.45, 7) is 0.595. The van der Waals surface area contributed by atoms with Crippen LogP contribution in [0.3, 0.4) is 0 Å². The molecule has 2 aliphatic rings. The van der Waals surface area contributed by atoms with Crippen molar-refractivity contribution in [3.05, 3.63) is 24.3 Å². The van der Waals surface area contributed by atoms with Crippen molar-refractivity contribution in [1.82, 2.24) is 4.90 Å². The number of nitriles is 1. The molecule has 2 aliphatic heterocycles. The van der Waals surface area contributed by atoms with E-state index in [2.05, 4.69) is 10.5 Å². The number of nitrogens with zero attached hydrogens (tertiary/aromatic N) is 4. The molecular weight excluding hydrogens is 310 g/mol. The fourth-order valence-corrected chi connectivity index (χ4v) is 2.84. The number of hydrazone groups is 1. The quantitative estimate of drug-likeness (QED) is 0.326. The van der Waals surface area contributed by atoms with Gasteiger partial charge in [-0.15, -0.1) is 0 Å². The maximum atomic E-state index is 12.4. The van der Waals surface area contributed by atoms with E-state index in [1.807, 2.05) is 0 Å². The number of urea groups is 1. The molecule has 24 heavy (non-hydrogen) atoms. The maximum absolute atomic E-state index is 12.4. The summed E-state index contributed by atoms with van der Waals surface area (Å²) in [4.78, 5) is 27.6. The molecule has 2 heterocycles. The number of imide groups is 1. The average Bonchev–Trinajstić information content (AvgIpc) is 3.12. The highest BCUT2D eigenvalue weighted by Crippen LogP contribution is 2.32. The number of amides is 3. The number of nitrogens with two attached hydrogens (primary N) is 1. The minimum atomic E-state index is -0.452. The molecule has 2 fully saturated rings. The first-order valence-corrected chi connectivity index (χ1v) is 7.35. The monoisotopic (exact) mass is 325 g/mol. The van der Waals surface area contributed by atoms with Crippen LogP contribution in [0.2, 0.25) is 0 Å². The van der Waals surface area contributed by atoms with Gasteiger partial charge >= 0.3 is 6.03 Å². The highest BCUT2D eigenvalue weighted by atomic mass is 16.2. The third-order valence-electron chi connectivity index (χ3n) is 3.96. The van der Waals surface area contributed by atoms with E-state index >= 15 is 0 Å². The van der Waals surface area contributed by atoms with Crippen LogP contribution in [0.4, 0.5) is 16.2 Å². The summed E-state index contributed by atoms with van der Waals surface area (Å²) in [7, 11) is 0. The molecule has 0 saturated carbocycles. The van der Waals surface area contributed by atoms with Gasteiger partial charge < -0.3 is 10.6 Å². The average molecular weight is 325 g/mol. The molecule has 0 radical (unpaired) electrons. The van der Waals surface area contributed by atoms with Crippen molar-refractivity contribution in [2.45, 2.75) is 18.9 Å². The van der Waals surface area contributed by atoms with Gasteiger partial charge in [-0.25, -0.2) is 9.69 Å². The second-order valence-electron chi connectivity index (χ2n) is 5.46. The number of anilines is 2. The summed E-state index contributed by atoms with van der Waals surface area (Å²) in [5, 5.41) is 19.8. The van der Waals surface area contributed by atoms with Gasteiger partial charge in [0.05, 0.1) is 11.4 Å². The largest absolute Gasteiger partial charge is 0.382 e. The molecule has 1 atom stereocenters. The van der Waals surface area contributed by atoms with Crippen molar-refractivity contribution in [3.63, 3.8) is 0 Å². The van der Waals surface area contributed by atoms with Crippen LogP contribution in [0.25, 0.3) is 0 Å². The van der Waals surface area contributed by atoms with Crippen LogP contribution in [0, 0.1) is 16.7 Å².